The second-order valence-corrected chi connectivity index (χ2v) is 5.88. The van der Waals surface area contributed by atoms with Crippen LogP contribution in [0.3, 0.4) is 0 Å². The van der Waals surface area contributed by atoms with E-state index in [9.17, 15) is 4.79 Å². The van der Waals surface area contributed by atoms with Crippen LogP contribution in [0.5, 0.6) is 0 Å². The molecule has 94 valence electrons. The van der Waals surface area contributed by atoms with E-state index < -0.39 is 0 Å². The molecule has 1 atom stereocenters. The van der Waals surface area contributed by atoms with Gasteiger partial charge in [0.2, 0.25) is 0 Å². The summed E-state index contributed by atoms with van der Waals surface area (Å²) in [5, 5.41) is 0. The molecule has 0 spiro atoms. The first-order chi connectivity index (χ1) is 8.10. The topological polar surface area (TPSA) is 17.1 Å². The fourth-order valence-electron chi connectivity index (χ4n) is 2.10. The predicted molar refractivity (Wildman–Crippen MR) is 75.7 cm³/mol. The molecule has 1 aromatic carbocycles. The number of hydrogen-bond acceptors (Lipinski definition) is 2. The van der Waals surface area contributed by atoms with Crippen molar-refractivity contribution in [3.05, 3.63) is 29.8 Å². The van der Waals surface area contributed by atoms with Crippen LogP contribution in [0.15, 0.2) is 29.2 Å². The molecule has 1 aromatic rings. The highest BCUT2D eigenvalue weighted by Crippen LogP contribution is 2.28. The minimum Gasteiger partial charge on any atom is -0.299 e. The van der Waals surface area contributed by atoms with Crippen molar-refractivity contribution in [3.63, 3.8) is 0 Å². The summed E-state index contributed by atoms with van der Waals surface area (Å²) in [5.74, 6) is 1.85. The second kappa shape index (κ2) is 6.85. The van der Waals surface area contributed by atoms with E-state index in [1.54, 1.807) is 0 Å². The highest BCUT2D eigenvalue weighted by atomic mass is 32.2. The Morgan fingerprint density at radius 1 is 1.18 bits per heavy atom. The van der Waals surface area contributed by atoms with Crippen molar-refractivity contribution in [3.8, 4) is 0 Å². The third-order valence-electron chi connectivity index (χ3n) is 2.91. The van der Waals surface area contributed by atoms with Gasteiger partial charge in [0, 0.05) is 17.2 Å². The molecule has 0 aromatic heterocycles. The van der Waals surface area contributed by atoms with Crippen molar-refractivity contribution >= 4 is 17.5 Å². The van der Waals surface area contributed by atoms with Crippen molar-refractivity contribution in [1.29, 1.82) is 0 Å². The summed E-state index contributed by atoms with van der Waals surface area (Å²) in [7, 11) is 0. The van der Waals surface area contributed by atoms with Crippen molar-refractivity contribution in [1.82, 2.24) is 0 Å². The van der Waals surface area contributed by atoms with Crippen LogP contribution in [0.25, 0.3) is 0 Å². The number of rotatable bonds is 6. The highest BCUT2D eigenvalue weighted by molar-refractivity contribution is 7.99. The van der Waals surface area contributed by atoms with Crippen LogP contribution in [0.1, 0.15) is 45.6 Å². The van der Waals surface area contributed by atoms with Crippen molar-refractivity contribution in [2.75, 3.05) is 5.75 Å². The lowest BCUT2D eigenvalue weighted by Crippen LogP contribution is -2.17. The van der Waals surface area contributed by atoms with Gasteiger partial charge >= 0.3 is 0 Å². The first kappa shape index (κ1) is 14.3. The summed E-state index contributed by atoms with van der Waals surface area (Å²) >= 11 is 1.83. The summed E-state index contributed by atoms with van der Waals surface area (Å²) in [6.07, 6.45) is 0.619. The van der Waals surface area contributed by atoms with E-state index in [2.05, 4.69) is 45.0 Å². The molecule has 0 saturated carbocycles. The average Bonchev–Trinajstić information content (AvgIpc) is 2.31. The molecule has 0 bridgehead atoms. The Bertz CT molecular complexity index is 354. The molecule has 0 radical (unpaired) electrons. The third kappa shape index (κ3) is 3.88. The van der Waals surface area contributed by atoms with Crippen molar-refractivity contribution in [2.24, 2.45) is 5.92 Å². The molecule has 0 heterocycles. The summed E-state index contributed by atoms with van der Waals surface area (Å²) in [6.45, 7) is 8.33. The molecule has 1 unspecified atom stereocenters. The van der Waals surface area contributed by atoms with Crippen LogP contribution in [-0.4, -0.2) is 11.5 Å². The Kier molecular flexibility index (Phi) is 5.76. The summed E-state index contributed by atoms with van der Waals surface area (Å²) in [5.41, 5.74) is 1.16. The first-order valence-corrected chi connectivity index (χ1v) is 7.34. The van der Waals surface area contributed by atoms with E-state index in [1.807, 2.05) is 18.7 Å². The number of thioether (sulfide) groups is 1. The lowest BCUT2D eigenvalue weighted by Gasteiger charge is -2.19. The van der Waals surface area contributed by atoms with Crippen molar-refractivity contribution in [2.45, 2.75) is 44.9 Å². The number of carbonyl (C=O) groups excluding carboxylic acids is 1. The average molecular weight is 250 g/mol. The fourth-order valence-corrected chi connectivity index (χ4v) is 2.76. The SMILES string of the molecule is CCSc1ccc(C(C(=O)CC)C(C)C)cc1. The van der Waals surface area contributed by atoms with Gasteiger partial charge < -0.3 is 0 Å². The molecular formula is C15H22OS. The van der Waals surface area contributed by atoms with Gasteiger partial charge in [-0.15, -0.1) is 11.8 Å². The molecule has 2 heteroatoms. The minimum absolute atomic E-state index is 0.0562. The van der Waals surface area contributed by atoms with Crippen LogP contribution in [-0.2, 0) is 4.79 Å². The number of Topliss-reactive ketones (excluding diaryl/α,β-unsaturated/α-hetero) is 1. The first-order valence-electron chi connectivity index (χ1n) is 6.35. The van der Waals surface area contributed by atoms with E-state index in [0.29, 0.717) is 18.1 Å². The normalized spacial score (nSPS) is 12.8. The minimum atomic E-state index is 0.0562. The highest BCUT2D eigenvalue weighted by Gasteiger charge is 2.22. The van der Waals surface area contributed by atoms with Gasteiger partial charge in [-0.1, -0.05) is 39.8 Å². The lowest BCUT2D eigenvalue weighted by atomic mass is 9.84. The molecule has 0 saturated heterocycles. The molecule has 1 rings (SSSR count). The summed E-state index contributed by atoms with van der Waals surface area (Å²) in [4.78, 5) is 13.2. The smallest absolute Gasteiger partial charge is 0.140 e. The standard InChI is InChI=1S/C15H22OS/c1-5-14(16)15(11(3)4)12-7-9-13(10-8-12)17-6-2/h7-11,15H,5-6H2,1-4H3. The Morgan fingerprint density at radius 3 is 2.18 bits per heavy atom. The summed E-state index contributed by atoms with van der Waals surface area (Å²) < 4.78 is 0. The zero-order valence-corrected chi connectivity index (χ0v) is 12.0. The van der Waals surface area contributed by atoms with E-state index in [1.165, 1.54) is 4.90 Å². The van der Waals surface area contributed by atoms with Crippen LogP contribution < -0.4 is 0 Å². The monoisotopic (exact) mass is 250 g/mol. The summed E-state index contributed by atoms with van der Waals surface area (Å²) in [6, 6.07) is 8.47. The Hall–Kier alpha value is -0.760. The third-order valence-corrected chi connectivity index (χ3v) is 3.81. The molecule has 0 aliphatic rings. The van der Waals surface area contributed by atoms with E-state index in [4.69, 9.17) is 0 Å². The maximum absolute atomic E-state index is 12.0. The van der Waals surface area contributed by atoms with Crippen molar-refractivity contribution < 1.29 is 4.79 Å². The van der Waals surface area contributed by atoms with Gasteiger partial charge in [-0.25, -0.2) is 0 Å². The van der Waals surface area contributed by atoms with Crippen LogP contribution in [0, 0.1) is 5.92 Å². The molecule has 0 aliphatic heterocycles. The molecule has 0 aliphatic carbocycles. The van der Waals surface area contributed by atoms with Gasteiger partial charge in [-0.3, -0.25) is 4.79 Å². The van der Waals surface area contributed by atoms with Gasteiger partial charge in [0.15, 0.2) is 0 Å². The molecule has 0 amide bonds. The van der Waals surface area contributed by atoms with Crippen LogP contribution in [0.4, 0.5) is 0 Å². The zero-order valence-electron chi connectivity index (χ0n) is 11.2. The second-order valence-electron chi connectivity index (χ2n) is 4.54. The Labute approximate surface area is 109 Å². The van der Waals surface area contributed by atoms with Gasteiger partial charge in [-0.05, 0) is 29.4 Å². The van der Waals surface area contributed by atoms with Gasteiger partial charge in [0.05, 0.1) is 0 Å². The van der Waals surface area contributed by atoms with Gasteiger partial charge in [0.1, 0.15) is 5.78 Å². The van der Waals surface area contributed by atoms with Crippen LogP contribution in [0.2, 0.25) is 0 Å². The van der Waals surface area contributed by atoms with E-state index >= 15 is 0 Å². The molecule has 17 heavy (non-hydrogen) atoms. The zero-order chi connectivity index (χ0) is 12.8. The number of hydrogen-bond donors (Lipinski definition) is 0. The molecular weight excluding hydrogens is 228 g/mol. The number of carbonyl (C=O) groups is 1. The molecule has 0 N–H and O–H groups in total. The Morgan fingerprint density at radius 2 is 1.76 bits per heavy atom. The fraction of sp³-hybridized carbons (Fsp3) is 0.533. The number of benzene rings is 1. The molecule has 0 fully saturated rings. The van der Waals surface area contributed by atoms with Gasteiger partial charge in [0.25, 0.3) is 0 Å². The largest absolute Gasteiger partial charge is 0.299 e. The molecule has 1 nitrogen and oxygen atoms in total. The van der Waals surface area contributed by atoms with E-state index in [0.717, 1.165) is 11.3 Å². The van der Waals surface area contributed by atoms with E-state index in [-0.39, 0.29) is 5.92 Å². The number of ketones is 1. The Balaban J connectivity index is 2.91. The van der Waals surface area contributed by atoms with Gasteiger partial charge in [-0.2, -0.15) is 0 Å². The lowest BCUT2D eigenvalue weighted by molar-refractivity contribution is -0.121. The maximum atomic E-state index is 12.0. The maximum Gasteiger partial charge on any atom is 0.140 e. The van der Waals surface area contributed by atoms with Crippen LogP contribution >= 0.6 is 11.8 Å². The predicted octanol–water partition coefficient (Wildman–Crippen LogP) is 4.52. The quantitative estimate of drug-likeness (QED) is 0.691.